The van der Waals surface area contributed by atoms with E-state index in [4.69, 9.17) is 10.5 Å². The van der Waals surface area contributed by atoms with Crippen molar-refractivity contribution in [3.63, 3.8) is 0 Å². The van der Waals surface area contributed by atoms with Gasteiger partial charge in [-0.3, -0.25) is 0 Å². The van der Waals surface area contributed by atoms with Gasteiger partial charge < -0.3 is 10.5 Å². The smallest absolute Gasteiger partial charge is 0.0616 e. The summed E-state index contributed by atoms with van der Waals surface area (Å²) in [6.45, 7) is 3.15. The van der Waals surface area contributed by atoms with Crippen LogP contribution in [0, 0.1) is 11.8 Å². The Labute approximate surface area is 87.2 Å². The molecular formula is C12H23NO. The van der Waals surface area contributed by atoms with E-state index in [1.807, 2.05) is 0 Å². The van der Waals surface area contributed by atoms with Crippen LogP contribution in [0.4, 0.5) is 0 Å². The molecule has 3 atom stereocenters. The predicted molar refractivity (Wildman–Crippen MR) is 58.1 cm³/mol. The lowest BCUT2D eigenvalue weighted by Crippen LogP contribution is -2.40. The molecular weight excluding hydrogens is 174 g/mol. The van der Waals surface area contributed by atoms with E-state index < -0.39 is 0 Å². The van der Waals surface area contributed by atoms with Crippen molar-refractivity contribution < 1.29 is 4.74 Å². The van der Waals surface area contributed by atoms with Crippen molar-refractivity contribution in [3.05, 3.63) is 0 Å². The summed E-state index contributed by atoms with van der Waals surface area (Å²) in [4.78, 5) is 0. The van der Waals surface area contributed by atoms with E-state index in [1.165, 1.54) is 32.1 Å². The summed E-state index contributed by atoms with van der Waals surface area (Å²) in [5.74, 6) is 1.43. The summed E-state index contributed by atoms with van der Waals surface area (Å²) >= 11 is 0. The Morgan fingerprint density at radius 2 is 2.00 bits per heavy atom. The lowest BCUT2D eigenvalue weighted by Gasteiger charge is -2.28. The summed E-state index contributed by atoms with van der Waals surface area (Å²) in [6, 6.07) is 0.407. The van der Waals surface area contributed by atoms with Crippen LogP contribution in [0.1, 0.15) is 45.4 Å². The Hall–Kier alpha value is -0.0800. The first-order valence-corrected chi connectivity index (χ1v) is 6.20. The molecule has 2 fully saturated rings. The first-order chi connectivity index (χ1) is 6.83. The normalized spacial score (nSPS) is 36.4. The lowest BCUT2D eigenvalue weighted by atomic mass is 9.83. The lowest BCUT2D eigenvalue weighted by molar-refractivity contribution is 0.0753. The van der Waals surface area contributed by atoms with Crippen molar-refractivity contribution in [2.24, 2.45) is 17.6 Å². The molecule has 2 heteroatoms. The Morgan fingerprint density at radius 1 is 1.29 bits per heavy atom. The molecule has 1 saturated carbocycles. The van der Waals surface area contributed by atoms with Crippen molar-refractivity contribution in [2.75, 3.05) is 6.61 Å². The highest BCUT2D eigenvalue weighted by atomic mass is 16.5. The maximum Gasteiger partial charge on any atom is 0.0616 e. The third-order valence-corrected chi connectivity index (χ3v) is 4.10. The molecule has 2 N–H and O–H groups in total. The van der Waals surface area contributed by atoms with Crippen LogP contribution in [-0.2, 0) is 4.74 Å². The zero-order chi connectivity index (χ0) is 9.97. The number of ether oxygens (including phenoxy) is 1. The van der Waals surface area contributed by atoms with E-state index >= 15 is 0 Å². The Morgan fingerprint density at radius 3 is 2.64 bits per heavy atom. The maximum absolute atomic E-state index is 6.37. The molecule has 0 radical (unpaired) electrons. The van der Waals surface area contributed by atoms with Gasteiger partial charge in [0.2, 0.25) is 0 Å². The fourth-order valence-electron chi connectivity index (χ4n) is 3.22. The molecule has 2 aliphatic rings. The zero-order valence-electron chi connectivity index (χ0n) is 9.24. The molecule has 14 heavy (non-hydrogen) atoms. The minimum absolute atomic E-state index is 0.407. The van der Waals surface area contributed by atoms with Crippen molar-refractivity contribution in [1.29, 1.82) is 0 Å². The van der Waals surface area contributed by atoms with Gasteiger partial charge in [-0.05, 0) is 31.6 Å². The number of nitrogens with two attached hydrogens (primary N) is 1. The molecule has 0 aromatic rings. The molecule has 1 saturated heterocycles. The van der Waals surface area contributed by atoms with E-state index in [0.717, 1.165) is 18.9 Å². The van der Waals surface area contributed by atoms with E-state index in [0.29, 0.717) is 18.1 Å². The van der Waals surface area contributed by atoms with Crippen LogP contribution in [0.3, 0.4) is 0 Å². The second-order valence-corrected chi connectivity index (χ2v) is 4.89. The molecule has 0 bridgehead atoms. The molecule has 0 amide bonds. The predicted octanol–water partition coefficient (Wildman–Crippen LogP) is 2.32. The minimum Gasteiger partial charge on any atom is -0.378 e. The standard InChI is InChI=1S/C12H23NO/c1-2-11-10(7-8-14-11)12(13)9-5-3-4-6-9/h9-12H,2-8,13H2,1H3. The van der Waals surface area contributed by atoms with E-state index in [1.54, 1.807) is 0 Å². The molecule has 0 aromatic carbocycles. The van der Waals surface area contributed by atoms with Crippen LogP contribution >= 0.6 is 0 Å². The first-order valence-electron chi connectivity index (χ1n) is 6.20. The summed E-state index contributed by atoms with van der Waals surface area (Å²) in [7, 11) is 0. The van der Waals surface area contributed by atoms with Crippen LogP contribution < -0.4 is 5.73 Å². The maximum atomic E-state index is 6.37. The highest BCUT2D eigenvalue weighted by molar-refractivity contribution is 4.89. The van der Waals surface area contributed by atoms with Crippen LogP contribution in [0.5, 0.6) is 0 Å². The third-order valence-electron chi connectivity index (χ3n) is 4.10. The van der Waals surface area contributed by atoms with Crippen LogP contribution in [-0.4, -0.2) is 18.8 Å². The van der Waals surface area contributed by atoms with Crippen LogP contribution in [0.25, 0.3) is 0 Å². The molecule has 2 nitrogen and oxygen atoms in total. The van der Waals surface area contributed by atoms with Gasteiger partial charge >= 0.3 is 0 Å². The molecule has 82 valence electrons. The molecule has 3 unspecified atom stereocenters. The van der Waals surface area contributed by atoms with Gasteiger partial charge in [-0.15, -0.1) is 0 Å². The molecule has 1 heterocycles. The quantitative estimate of drug-likeness (QED) is 0.753. The summed E-state index contributed by atoms with van der Waals surface area (Å²) < 4.78 is 5.72. The number of rotatable bonds is 3. The summed E-state index contributed by atoms with van der Waals surface area (Å²) in [6.07, 6.45) is 8.26. The highest BCUT2D eigenvalue weighted by Gasteiger charge is 2.36. The van der Waals surface area contributed by atoms with E-state index in [2.05, 4.69) is 6.92 Å². The molecule has 0 spiro atoms. The third kappa shape index (κ3) is 1.96. The van der Waals surface area contributed by atoms with E-state index in [-0.39, 0.29) is 0 Å². The number of hydrogen-bond donors (Lipinski definition) is 1. The van der Waals surface area contributed by atoms with Gasteiger partial charge in [0.15, 0.2) is 0 Å². The van der Waals surface area contributed by atoms with Gasteiger partial charge in [0.25, 0.3) is 0 Å². The van der Waals surface area contributed by atoms with Gasteiger partial charge in [-0.2, -0.15) is 0 Å². The van der Waals surface area contributed by atoms with Crippen molar-refractivity contribution in [3.8, 4) is 0 Å². The van der Waals surface area contributed by atoms with Gasteiger partial charge in [0, 0.05) is 18.6 Å². The molecule has 1 aliphatic carbocycles. The Balaban J connectivity index is 1.92. The summed E-state index contributed by atoms with van der Waals surface area (Å²) in [5, 5.41) is 0. The molecule has 0 aromatic heterocycles. The Kier molecular flexibility index (Phi) is 3.45. The summed E-state index contributed by atoms with van der Waals surface area (Å²) in [5.41, 5.74) is 6.37. The zero-order valence-corrected chi connectivity index (χ0v) is 9.24. The van der Waals surface area contributed by atoms with Crippen LogP contribution in [0.2, 0.25) is 0 Å². The average molecular weight is 197 g/mol. The first kappa shape index (κ1) is 10.4. The average Bonchev–Trinajstić information content (AvgIpc) is 2.87. The Bertz CT molecular complexity index is 177. The fraction of sp³-hybridized carbons (Fsp3) is 1.00. The second-order valence-electron chi connectivity index (χ2n) is 4.89. The second kappa shape index (κ2) is 4.63. The fourth-order valence-corrected chi connectivity index (χ4v) is 3.22. The van der Waals surface area contributed by atoms with Gasteiger partial charge in [0.1, 0.15) is 0 Å². The minimum atomic E-state index is 0.407. The largest absolute Gasteiger partial charge is 0.378 e. The monoisotopic (exact) mass is 197 g/mol. The van der Waals surface area contributed by atoms with Gasteiger partial charge in [-0.25, -0.2) is 0 Å². The van der Waals surface area contributed by atoms with Crippen LogP contribution in [0.15, 0.2) is 0 Å². The van der Waals surface area contributed by atoms with Gasteiger partial charge in [-0.1, -0.05) is 19.8 Å². The van der Waals surface area contributed by atoms with Crippen molar-refractivity contribution in [2.45, 2.75) is 57.6 Å². The highest BCUT2D eigenvalue weighted by Crippen LogP contribution is 2.35. The topological polar surface area (TPSA) is 35.2 Å². The van der Waals surface area contributed by atoms with Crippen molar-refractivity contribution in [1.82, 2.24) is 0 Å². The number of hydrogen-bond acceptors (Lipinski definition) is 2. The van der Waals surface area contributed by atoms with Gasteiger partial charge in [0.05, 0.1) is 6.10 Å². The molecule has 1 aliphatic heterocycles. The van der Waals surface area contributed by atoms with E-state index in [9.17, 15) is 0 Å². The van der Waals surface area contributed by atoms with Crippen molar-refractivity contribution >= 4 is 0 Å². The SMILES string of the molecule is CCC1OCCC1C(N)C1CCCC1. The molecule has 2 rings (SSSR count).